The highest BCUT2D eigenvalue weighted by atomic mass is 15.1. The molecule has 2 heteroatoms. The summed E-state index contributed by atoms with van der Waals surface area (Å²) in [6.07, 6.45) is 9.41. The maximum absolute atomic E-state index is 5.83. The smallest absolute Gasteiger partial charge is 0.0599 e. The fourth-order valence-electron chi connectivity index (χ4n) is 2.28. The van der Waals surface area contributed by atoms with E-state index >= 15 is 0 Å². The topological polar surface area (TPSA) is 29.3 Å². The number of nitrogens with two attached hydrogens (primary N) is 1. The van der Waals surface area contributed by atoms with Gasteiger partial charge in [-0.05, 0) is 43.6 Å². The van der Waals surface area contributed by atoms with E-state index < -0.39 is 0 Å². The molecular weight excluding hydrogens is 196 g/mol. The van der Waals surface area contributed by atoms with Gasteiger partial charge in [0.15, 0.2) is 0 Å². The Balaban J connectivity index is 2.34. The summed E-state index contributed by atoms with van der Waals surface area (Å²) in [5, 5.41) is 0. The third-order valence-corrected chi connectivity index (χ3v) is 3.18. The molecule has 1 rings (SSSR count). The van der Waals surface area contributed by atoms with Crippen LogP contribution in [0.15, 0.2) is 0 Å². The Kier molecular flexibility index (Phi) is 5.87. The van der Waals surface area contributed by atoms with Gasteiger partial charge in [-0.25, -0.2) is 0 Å². The first-order valence-corrected chi connectivity index (χ1v) is 6.51. The molecule has 1 atom stereocenters. The zero-order valence-corrected chi connectivity index (χ0v) is 10.8. The van der Waals surface area contributed by atoms with Crippen molar-refractivity contribution in [3.05, 3.63) is 0 Å². The second kappa shape index (κ2) is 6.93. The van der Waals surface area contributed by atoms with Crippen molar-refractivity contribution in [3.8, 4) is 12.3 Å². The molecule has 1 fully saturated rings. The minimum atomic E-state index is 0.604. The summed E-state index contributed by atoms with van der Waals surface area (Å²) in [4.78, 5) is 2.41. The Labute approximate surface area is 101 Å². The molecule has 0 aromatic carbocycles. The van der Waals surface area contributed by atoms with E-state index in [1.54, 1.807) is 0 Å². The van der Waals surface area contributed by atoms with E-state index in [-0.39, 0.29) is 0 Å². The molecule has 1 aliphatic carbocycles. The summed E-state index contributed by atoms with van der Waals surface area (Å²) in [5.41, 5.74) is 5.83. The van der Waals surface area contributed by atoms with E-state index in [1.807, 2.05) is 0 Å². The van der Waals surface area contributed by atoms with Gasteiger partial charge in [0.25, 0.3) is 0 Å². The largest absolute Gasteiger partial charge is 0.330 e. The van der Waals surface area contributed by atoms with Crippen LogP contribution in [-0.4, -0.2) is 31.1 Å². The molecule has 0 heterocycles. The normalized spacial score (nSPS) is 17.8. The molecule has 1 aliphatic rings. The van der Waals surface area contributed by atoms with Gasteiger partial charge in [-0.15, -0.1) is 6.42 Å². The van der Waals surface area contributed by atoms with Crippen LogP contribution in [0.4, 0.5) is 0 Å². The van der Waals surface area contributed by atoms with Crippen LogP contribution in [-0.2, 0) is 0 Å². The van der Waals surface area contributed by atoms with Crippen molar-refractivity contribution >= 4 is 0 Å². The number of terminal acetylenes is 1. The zero-order chi connectivity index (χ0) is 12.0. The summed E-state index contributed by atoms with van der Waals surface area (Å²) in [6, 6.07) is 0. The van der Waals surface area contributed by atoms with Gasteiger partial charge in [-0.2, -0.15) is 0 Å². The lowest BCUT2D eigenvalue weighted by Crippen LogP contribution is -2.35. The van der Waals surface area contributed by atoms with Crippen molar-refractivity contribution in [1.82, 2.24) is 4.90 Å². The Bertz CT molecular complexity index is 225. The molecule has 0 amide bonds. The first-order valence-electron chi connectivity index (χ1n) is 6.51. The third-order valence-electron chi connectivity index (χ3n) is 3.18. The minimum Gasteiger partial charge on any atom is -0.330 e. The van der Waals surface area contributed by atoms with Crippen LogP contribution in [0.2, 0.25) is 0 Å². The van der Waals surface area contributed by atoms with Gasteiger partial charge in [0.2, 0.25) is 0 Å². The Morgan fingerprint density at radius 1 is 1.44 bits per heavy atom. The van der Waals surface area contributed by atoms with Crippen LogP contribution >= 0.6 is 0 Å². The second-order valence-electron chi connectivity index (χ2n) is 5.57. The fourth-order valence-corrected chi connectivity index (χ4v) is 2.28. The molecule has 0 spiro atoms. The molecule has 0 aliphatic heterocycles. The average Bonchev–Trinajstić information content (AvgIpc) is 3.00. The Hall–Kier alpha value is -0.520. The number of rotatable bonds is 8. The van der Waals surface area contributed by atoms with E-state index in [4.69, 9.17) is 12.2 Å². The van der Waals surface area contributed by atoms with Crippen molar-refractivity contribution in [2.45, 2.75) is 33.1 Å². The van der Waals surface area contributed by atoms with Gasteiger partial charge in [-0.3, -0.25) is 4.90 Å². The van der Waals surface area contributed by atoms with Crippen molar-refractivity contribution in [1.29, 1.82) is 0 Å². The molecule has 2 nitrogen and oxygen atoms in total. The average molecular weight is 222 g/mol. The van der Waals surface area contributed by atoms with Gasteiger partial charge < -0.3 is 5.73 Å². The molecule has 1 saturated carbocycles. The number of hydrogen-bond acceptors (Lipinski definition) is 2. The van der Waals surface area contributed by atoms with E-state index in [0.29, 0.717) is 5.92 Å². The summed E-state index contributed by atoms with van der Waals surface area (Å²) in [6.45, 7) is 8.34. The van der Waals surface area contributed by atoms with Crippen LogP contribution in [0.3, 0.4) is 0 Å². The number of hydrogen-bond donors (Lipinski definition) is 1. The first-order chi connectivity index (χ1) is 7.65. The zero-order valence-electron chi connectivity index (χ0n) is 10.8. The van der Waals surface area contributed by atoms with E-state index in [0.717, 1.165) is 31.5 Å². The maximum Gasteiger partial charge on any atom is 0.0599 e. The summed E-state index contributed by atoms with van der Waals surface area (Å²) in [7, 11) is 0. The minimum absolute atomic E-state index is 0.604. The van der Waals surface area contributed by atoms with Crippen molar-refractivity contribution in [2.75, 3.05) is 26.2 Å². The molecule has 0 radical (unpaired) electrons. The molecule has 0 aromatic heterocycles. The lowest BCUT2D eigenvalue weighted by atomic mass is 9.96. The SMILES string of the molecule is C#CCN(CC1CC1)CC(CN)CC(C)C. The maximum atomic E-state index is 5.83. The standard InChI is InChI=1S/C14H26N2/c1-4-7-16(10-13-5-6-13)11-14(9-15)8-12(2)3/h1,12-14H,5-11,15H2,2-3H3. The molecule has 16 heavy (non-hydrogen) atoms. The molecule has 2 N–H and O–H groups in total. The quantitative estimate of drug-likeness (QED) is 0.636. The second-order valence-corrected chi connectivity index (χ2v) is 5.57. The molecular formula is C14H26N2. The highest BCUT2D eigenvalue weighted by Gasteiger charge is 2.25. The van der Waals surface area contributed by atoms with Gasteiger partial charge in [-0.1, -0.05) is 19.8 Å². The highest BCUT2D eigenvalue weighted by molar-refractivity contribution is 4.90. The van der Waals surface area contributed by atoms with Crippen LogP contribution in [0.25, 0.3) is 0 Å². The van der Waals surface area contributed by atoms with Gasteiger partial charge in [0.1, 0.15) is 0 Å². The highest BCUT2D eigenvalue weighted by Crippen LogP contribution is 2.30. The lowest BCUT2D eigenvalue weighted by Gasteiger charge is -2.26. The lowest BCUT2D eigenvalue weighted by molar-refractivity contribution is 0.231. The van der Waals surface area contributed by atoms with Gasteiger partial charge in [0.05, 0.1) is 6.54 Å². The summed E-state index contributed by atoms with van der Waals surface area (Å²) in [5.74, 6) is 5.01. The molecule has 0 saturated heterocycles. The van der Waals surface area contributed by atoms with Crippen molar-refractivity contribution in [3.63, 3.8) is 0 Å². The van der Waals surface area contributed by atoms with Crippen LogP contribution in [0, 0.1) is 30.1 Å². The van der Waals surface area contributed by atoms with Gasteiger partial charge >= 0.3 is 0 Å². The van der Waals surface area contributed by atoms with E-state index in [2.05, 4.69) is 24.7 Å². The van der Waals surface area contributed by atoms with Crippen molar-refractivity contribution in [2.24, 2.45) is 23.5 Å². The van der Waals surface area contributed by atoms with E-state index in [9.17, 15) is 0 Å². The predicted molar refractivity (Wildman–Crippen MR) is 70.0 cm³/mol. The monoisotopic (exact) mass is 222 g/mol. The molecule has 0 aromatic rings. The molecule has 92 valence electrons. The summed E-state index contributed by atoms with van der Waals surface area (Å²) < 4.78 is 0. The van der Waals surface area contributed by atoms with Crippen LogP contribution in [0.5, 0.6) is 0 Å². The van der Waals surface area contributed by atoms with Gasteiger partial charge in [0, 0.05) is 13.1 Å². The summed E-state index contributed by atoms with van der Waals surface area (Å²) >= 11 is 0. The Morgan fingerprint density at radius 3 is 2.56 bits per heavy atom. The third kappa shape index (κ3) is 5.53. The molecule has 1 unspecified atom stereocenters. The first kappa shape index (κ1) is 13.5. The Morgan fingerprint density at radius 2 is 2.12 bits per heavy atom. The fraction of sp³-hybridized carbons (Fsp3) is 0.857. The molecule has 0 bridgehead atoms. The van der Waals surface area contributed by atoms with Crippen LogP contribution in [0.1, 0.15) is 33.1 Å². The number of nitrogens with zero attached hydrogens (tertiary/aromatic N) is 1. The predicted octanol–water partition coefficient (Wildman–Crippen LogP) is 1.95. The van der Waals surface area contributed by atoms with Crippen molar-refractivity contribution < 1.29 is 0 Å². The van der Waals surface area contributed by atoms with E-state index in [1.165, 1.54) is 25.8 Å². The van der Waals surface area contributed by atoms with Crippen LogP contribution < -0.4 is 5.73 Å².